The molecule has 0 bridgehead atoms. The molecule has 8 heteroatoms. The summed E-state index contributed by atoms with van der Waals surface area (Å²) in [6, 6.07) is 11.4. The van der Waals surface area contributed by atoms with Gasteiger partial charge in [-0.15, -0.1) is 0 Å². The maximum atomic E-state index is 14.6. The second-order valence-electron chi connectivity index (χ2n) is 6.14. The van der Waals surface area contributed by atoms with Crippen LogP contribution in [-0.2, 0) is 11.4 Å². The first-order valence-corrected chi connectivity index (χ1v) is 8.81. The summed E-state index contributed by atoms with van der Waals surface area (Å²) in [7, 11) is 0. The van der Waals surface area contributed by atoms with E-state index >= 15 is 0 Å². The van der Waals surface area contributed by atoms with Gasteiger partial charge in [-0.3, -0.25) is 9.78 Å². The summed E-state index contributed by atoms with van der Waals surface area (Å²) < 4.78 is 48.0. The molecule has 150 valence electrons. The topological polar surface area (TPSA) is 77.2 Å². The van der Waals surface area contributed by atoms with Crippen LogP contribution in [0.4, 0.5) is 24.5 Å². The number of pyridine rings is 1. The number of aromatic nitrogens is 1. The predicted octanol–water partition coefficient (Wildman–Crippen LogP) is 4.68. The van der Waals surface area contributed by atoms with E-state index < -0.39 is 29.0 Å². The molecule has 0 radical (unpaired) electrons. The molecule has 0 saturated heterocycles. The number of carbonyl (C=O) groups is 1. The highest BCUT2D eigenvalue weighted by Gasteiger charge is 2.25. The lowest BCUT2D eigenvalue weighted by Gasteiger charge is -2.16. The van der Waals surface area contributed by atoms with Crippen LogP contribution in [0.5, 0.6) is 5.75 Å². The molecule has 0 unspecified atom stereocenters. The summed E-state index contributed by atoms with van der Waals surface area (Å²) >= 11 is 0. The normalized spacial score (nSPS) is 10.6. The Kier molecular flexibility index (Phi) is 6.01. The lowest BCUT2D eigenvalue weighted by Crippen LogP contribution is -2.15. The van der Waals surface area contributed by atoms with Crippen molar-refractivity contribution in [2.24, 2.45) is 0 Å². The number of anilines is 2. The largest absolute Gasteiger partial charge is 0.487 e. The number of nitrogens with two attached hydrogens (primary N) is 1. The highest BCUT2D eigenvalue weighted by molar-refractivity contribution is 6.00. The van der Waals surface area contributed by atoms with E-state index in [9.17, 15) is 18.0 Å². The van der Waals surface area contributed by atoms with Crippen LogP contribution >= 0.6 is 0 Å². The average Bonchev–Trinajstić information content (AvgIpc) is 2.76. The van der Waals surface area contributed by atoms with E-state index in [1.54, 1.807) is 37.4 Å². The minimum Gasteiger partial charge on any atom is -0.487 e. The van der Waals surface area contributed by atoms with Gasteiger partial charge >= 0.3 is 0 Å². The lowest BCUT2D eigenvalue weighted by atomic mass is 10.0. The highest BCUT2D eigenvalue weighted by Crippen LogP contribution is 2.39. The SMILES string of the molecule is CCC(=O)Nc1c(N)c(F)c(F)c(F)c1-c1ccc(OCc2ccccn2)cc1. The quantitative estimate of drug-likeness (QED) is 0.465. The summed E-state index contributed by atoms with van der Waals surface area (Å²) in [6.45, 7) is 1.79. The molecule has 0 aliphatic heterocycles. The van der Waals surface area contributed by atoms with Crippen molar-refractivity contribution < 1.29 is 22.7 Å². The van der Waals surface area contributed by atoms with Gasteiger partial charge in [-0.25, -0.2) is 13.2 Å². The van der Waals surface area contributed by atoms with Crippen molar-refractivity contribution in [1.29, 1.82) is 0 Å². The lowest BCUT2D eigenvalue weighted by molar-refractivity contribution is -0.115. The van der Waals surface area contributed by atoms with Gasteiger partial charge in [0.05, 0.1) is 17.1 Å². The number of nitrogen functional groups attached to an aromatic ring is 1. The molecule has 3 aromatic rings. The molecule has 1 heterocycles. The van der Waals surface area contributed by atoms with Gasteiger partial charge in [-0.2, -0.15) is 0 Å². The van der Waals surface area contributed by atoms with E-state index in [-0.39, 0.29) is 29.8 Å². The zero-order chi connectivity index (χ0) is 21.0. The Bertz CT molecular complexity index is 1030. The Morgan fingerprint density at radius 2 is 1.79 bits per heavy atom. The molecule has 0 aliphatic rings. The first-order chi connectivity index (χ1) is 13.9. The zero-order valence-corrected chi connectivity index (χ0v) is 15.5. The summed E-state index contributed by atoms with van der Waals surface area (Å²) in [5, 5.41) is 2.35. The summed E-state index contributed by atoms with van der Waals surface area (Å²) in [5.74, 6) is -4.74. The van der Waals surface area contributed by atoms with Crippen molar-refractivity contribution in [3.8, 4) is 16.9 Å². The van der Waals surface area contributed by atoms with E-state index in [1.165, 1.54) is 12.1 Å². The maximum absolute atomic E-state index is 14.6. The predicted molar refractivity (Wildman–Crippen MR) is 104 cm³/mol. The number of benzene rings is 2. The molecule has 0 fully saturated rings. The van der Waals surface area contributed by atoms with E-state index in [0.717, 1.165) is 5.69 Å². The minimum absolute atomic E-state index is 0.0554. The van der Waals surface area contributed by atoms with Gasteiger partial charge in [0.15, 0.2) is 17.5 Å². The van der Waals surface area contributed by atoms with Crippen LogP contribution in [0.3, 0.4) is 0 Å². The third kappa shape index (κ3) is 4.31. The second-order valence-corrected chi connectivity index (χ2v) is 6.14. The van der Waals surface area contributed by atoms with Crippen LogP contribution in [0.1, 0.15) is 19.0 Å². The second kappa shape index (κ2) is 8.64. The highest BCUT2D eigenvalue weighted by atomic mass is 19.2. The first-order valence-electron chi connectivity index (χ1n) is 8.81. The van der Waals surface area contributed by atoms with E-state index in [1.807, 2.05) is 6.07 Å². The molecular formula is C21H18F3N3O2. The molecule has 0 spiro atoms. The third-order valence-electron chi connectivity index (χ3n) is 4.20. The van der Waals surface area contributed by atoms with Crippen LogP contribution in [-0.4, -0.2) is 10.9 Å². The van der Waals surface area contributed by atoms with Crippen molar-refractivity contribution in [1.82, 2.24) is 4.98 Å². The molecule has 0 aliphatic carbocycles. The number of ether oxygens (including phenoxy) is 1. The monoisotopic (exact) mass is 401 g/mol. The van der Waals surface area contributed by atoms with E-state index in [2.05, 4.69) is 10.3 Å². The van der Waals surface area contributed by atoms with E-state index in [4.69, 9.17) is 10.5 Å². The fourth-order valence-corrected chi connectivity index (χ4v) is 2.67. The molecule has 5 nitrogen and oxygen atoms in total. The number of carbonyl (C=O) groups excluding carboxylic acids is 1. The fraction of sp³-hybridized carbons (Fsp3) is 0.143. The number of nitrogens with one attached hydrogen (secondary N) is 1. The molecule has 0 atom stereocenters. The first kappa shape index (κ1) is 20.2. The number of rotatable bonds is 6. The molecule has 1 amide bonds. The average molecular weight is 401 g/mol. The van der Waals surface area contributed by atoms with Gasteiger partial charge in [0.1, 0.15) is 12.4 Å². The number of nitrogens with zero attached hydrogens (tertiary/aromatic N) is 1. The standard InChI is InChI=1S/C21H18F3N3O2/c1-2-15(28)27-21-16(17(22)18(23)19(24)20(21)25)12-6-8-14(9-7-12)29-11-13-5-3-4-10-26-13/h3-10H,2,11,25H2,1H3,(H,27,28). The Balaban J connectivity index is 1.94. The van der Waals surface area contributed by atoms with Crippen LogP contribution in [0.2, 0.25) is 0 Å². The van der Waals surface area contributed by atoms with Gasteiger partial charge < -0.3 is 15.8 Å². The Labute approximate surface area is 165 Å². The maximum Gasteiger partial charge on any atom is 0.224 e. The van der Waals surface area contributed by atoms with Crippen molar-refractivity contribution >= 4 is 17.3 Å². The molecule has 2 aromatic carbocycles. The Morgan fingerprint density at radius 1 is 1.07 bits per heavy atom. The molecule has 29 heavy (non-hydrogen) atoms. The summed E-state index contributed by atoms with van der Waals surface area (Å²) in [4.78, 5) is 15.9. The molecular weight excluding hydrogens is 383 g/mol. The van der Waals surface area contributed by atoms with E-state index in [0.29, 0.717) is 5.75 Å². The van der Waals surface area contributed by atoms with Crippen LogP contribution in [0.25, 0.3) is 11.1 Å². The molecule has 3 rings (SSSR count). The van der Waals surface area contributed by atoms with Crippen LogP contribution in [0, 0.1) is 17.5 Å². The smallest absolute Gasteiger partial charge is 0.224 e. The van der Waals surface area contributed by atoms with Gasteiger partial charge in [0.25, 0.3) is 0 Å². The van der Waals surface area contributed by atoms with Crippen molar-refractivity contribution in [3.63, 3.8) is 0 Å². The number of hydrogen-bond acceptors (Lipinski definition) is 4. The minimum atomic E-state index is -1.71. The Hall–Kier alpha value is -3.55. The number of amides is 1. The van der Waals surface area contributed by atoms with Gasteiger partial charge in [0.2, 0.25) is 5.91 Å². The van der Waals surface area contributed by atoms with Crippen molar-refractivity contribution in [2.75, 3.05) is 11.1 Å². The number of halogens is 3. The van der Waals surface area contributed by atoms with Crippen LogP contribution < -0.4 is 15.8 Å². The van der Waals surface area contributed by atoms with Gasteiger partial charge in [0, 0.05) is 18.2 Å². The Morgan fingerprint density at radius 3 is 2.41 bits per heavy atom. The third-order valence-corrected chi connectivity index (χ3v) is 4.20. The molecule has 0 saturated carbocycles. The van der Waals surface area contributed by atoms with Crippen molar-refractivity contribution in [3.05, 3.63) is 71.8 Å². The zero-order valence-electron chi connectivity index (χ0n) is 15.5. The summed E-state index contributed by atoms with van der Waals surface area (Å²) in [5.41, 5.74) is 5.22. The van der Waals surface area contributed by atoms with Crippen molar-refractivity contribution in [2.45, 2.75) is 20.0 Å². The molecule has 3 N–H and O–H groups in total. The summed E-state index contributed by atoms with van der Waals surface area (Å²) in [6.07, 6.45) is 1.70. The van der Waals surface area contributed by atoms with Crippen LogP contribution in [0.15, 0.2) is 48.7 Å². The molecule has 1 aromatic heterocycles. The van der Waals surface area contributed by atoms with Gasteiger partial charge in [-0.05, 0) is 29.8 Å². The van der Waals surface area contributed by atoms with Gasteiger partial charge in [-0.1, -0.05) is 25.1 Å². The fourth-order valence-electron chi connectivity index (χ4n) is 2.67. The number of hydrogen-bond donors (Lipinski definition) is 2.